The summed E-state index contributed by atoms with van der Waals surface area (Å²) in [6.07, 6.45) is 4.87. The Labute approximate surface area is 165 Å². The Balaban J connectivity index is 1.47. The Morgan fingerprint density at radius 3 is 2.61 bits per heavy atom. The van der Waals surface area contributed by atoms with Gasteiger partial charge in [-0.25, -0.2) is 0 Å². The van der Waals surface area contributed by atoms with Gasteiger partial charge in [0, 0.05) is 36.3 Å². The van der Waals surface area contributed by atoms with E-state index in [4.69, 9.17) is 0 Å². The van der Waals surface area contributed by atoms with Crippen molar-refractivity contribution in [3.05, 3.63) is 65.9 Å². The molecule has 0 bridgehead atoms. The fourth-order valence-corrected chi connectivity index (χ4v) is 3.40. The van der Waals surface area contributed by atoms with Gasteiger partial charge in [-0.15, -0.1) is 0 Å². The molecule has 0 saturated carbocycles. The van der Waals surface area contributed by atoms with Crippen molar-refractivity contribution in [2.45, 2.75) is 32.6 Å². The molecule has 0 unspecified atom stereocenters. The van der Waals surface area contributed by atoms with Crippen LogP contribution in [-0.4, -0.2) is 35.3 Å². The van der Waals surface area contributed by atoms with Crippen LogP contribution in [0.3, 0.4) is 0 Å². The number of aryl methyl sites for hydroxylation is 2. The number of carbonyl (C=O) groups is 2. The van der Waals surface area contributed by atoms with Crippen LogP contribution in [0.5, 0.6) is 0 Å². The first kappa shape index (κ1) is 19.7. The van der Waals surface area contributed by atoms with E-state index in [0.29, 0.717) is 6.42 Å². The molecule has 1 aromatic heterocycles. The predicted octanol–water partition coefficient (Wildman–Crippen LogP) is 4.15. The van der Waals surface area contributed by atoms with E-state index in [1.54, 1.807) is 7.05 Å². The third-order valence-electron chi connectivity index (χ3n) is 4.99. The average molecular weight is 377 g/mol. The highest BCUT2D eigenvalue weighted by atomic mass is 16.2. The number of likely N-dealkylation sites (N-methyl/N-ethyl adjacent to an activating group) is 1. The van der Waals surface area contributed by atoms with Gasteiger partial charge in [0.05, 0.1) is 6.54 Å². The smallest absolute Gasteiger partial charge is 0.243 e. The van der Waals surface area contributed by atoms with Crippen molar-refractivity contribution >= 4 is 28.4 Å². The highest BCUT2D eigenvalue weighted by molar-refractivity contribution is 5.95. The zero-order valence-electron chi connectivity index (χ0n) is 16.5. The first-order valence-corrected chi connectivity index (χ1v) is 9.75. The number of para-hydroxylation sites is 2. The van der Waals surface area contributed by atoms with Crippen LogP contribution in [0.15, 0.2) is 54.7 Å². The molecule has 0 aliphatic rings. The molecule has 3 rings (SSSR count). The van der Waals surface area contributed by atoms with E-state index < -0.39 is 0 Å². The number of amides is 2. The lowest BCUT2D eigenvalue weighted by Crippen LogP contribution is -2.35. The highest BCUT2D eigenvalue weighted by Crippen LogP contribution is 2.19. The molecule has 5 nitrogen and oxygen atoms in total. The summed E-state index contributed by atoms with van der Waals surface area (Å²) in [7, 11) is 1.68. The monoisotopic (exact) mass is 377 g/mol. The van der Waals surface area contributed by atoms with E-state index in [2.05, 4.69) is 16.4 Å². The number of fused-ring (bicyclic) bond motifs is 1. The number of hydrogen-bond acceptors (Lipinski definition) is 2. The Morgan fingerprint density at radius 2 is 1.79 bits per heavy atom. The molecule has 146 valence electrons. The second kappa shape index (κ2) is 9.22. The maximum atomic E-state index is 12.4. The van der Waals surface area contributed by atoms with Gasteiger partial charge in [-0.1, -0.05) is 43.3 Å². The molecule has 28 heavy (non-hydrogen) atoms. The van der Waals surface area contributed by atoms with Gasteiger partial charge in [-0.05, 0) is 42.5 Å². The second-order valence-corrected chi connectivity index (χ2v) is 7.02. The molecule has 2 N–H and O–H groups in total. The molecule has 5 heteroatoms. The molecule has 3 aromatic rings. The summed E-state index contributed by atoms with van der Waals surface area (Å²) in [5, 5.41) is 4.11. The van der Waals surface area contributed by atoms with E-state index in [1.807, 2.05) is 55.6 Å². The van der Waals surface area contributed by atoms with Crippen LogP contribution in [0.2, 0.25) is 0 Å². The molecule has 0 radical (unpaired) electrons. The summed E-state index contributed by atoms with van der Waals surface area (Å²) in [6.45, 7) is 2.11. The molecule has 0 saturated heterocycles. The lowest BCUT2D eigenvalue weighted by molar-refractivity contribution is -0.133. The number of hydrogen-bond donors (Lipinski definition) is 2. The Morgan fingerprint density at radius 1 is 1.04 bits per heavy atom. The number of benzene rings is 2. The van der Waals surface area contributed by atoms with Gasteiger partial charge in [0.25, 0.3) is 0 Å². The van der Waals surface area contributed by atoms with E-state index in [-0.39, 0.29) is 18.4 Å². The van der Waals surface area contributed by atoms with Gasteiger partial charge in [-0.3, -0.25) is 9.59 Å². The van der Waals surface area contributed by atoms with Crippen molar-refractivity contribution in [3.8, 4) is 0 Å². The number of carbonyl (C=O) groups excluding carboxylic acids is 2. The number of aromatic amines is 1. The quantitative estimate of drug-likeness (QED) is 0.619. The van der Waals surface area contributed by atoms with Crippen molar-refractivity contribution in [1.29, 1.82) is 0 Å². The minimum atomic E-state index is -0.173. The Bertz CT molecular complexity index is 961. The summed E-state index contributed by atoms with van der Waals surface area (Å²) >= 11 is 0. The van der Waals surface area contributed by atoms with Gasteiger partial charge in [0.2, 0.25) is 11.8 Å². The van der Waals surface area contributed by atoms with E-state index in [9.17, 15) is 9.59 Å². The SMILES string of the molecule is CCc1ccccc1NC(=O)CN(C)C(=O)CCCc1c[nH]c2ccccc12. The normalized spacial score (nSPS) is 10.8. The van der Waals surface area contributed by atoms with Crippen molar-refractivity contribution in [2.24, 2.45) is 0 Å². The van der Waals surface area contributed by atoms with Gasteiger partial charge in [-0.2, -0.15) is 0 Å². The van der Waals surface area contributed by atoms with Gasteiger partial charge >= 0.3 is 0 Å². The zero-order valence-corrected chi connectivity index (χ0v) is 16.5. The molecular weight excluding hydrogens is 350 g/mol. The number of nitrogens with one attached hydrogen (secondary N) is 2. The second-order valence-electron chi connectivity index (χ2n) is 7.02. The lowest BCUT2D eigenvalue weighted by Gasteiger charge is -2.17. The lowest BCUT2D eigenvalue weighted by atomic mass is 10.1. The molecular formula is C23H27N3O2. The van der Waals surface area contributed by atoms with Crippen LogP contribution >= 0.6 is 0 Å². The van der Waals surface area contributed by atoms with Gasteiger partial charge in [0.15, 0.2) is 0 Å². The fraction of sp³-hybridized carbons (Fsp3) is 0.304. The molecule has 0 aliphatic carbocycles. The summed E-state index contributed by atoms with van der Waals surface area (Å²) in [4.78, 5) is 29.4. The first-order valence-electron chi connectivity index (χ1n) is 9.75. The van der Waals surface area contributed by atoms with E-state index in [0.717, 1.165) is 36.0 Å². The van der Waals surface area contributed by atoms with Crippen molar-refractivity contribution in [2.75, 3.05) is 18.9 Å². The molecule has 1 heterocycles. The fourth-order valence-electron chi connectivity index (χ4n) is 3.40. The van der Waals surface area contributed by atoms with Crippen LogP contribution in [0.25, 0.3) is 10.9 Å². The summed E-state index contributed by atoms with van der Waals surface area (Å²) in [5.41, 5.74) is 4.24. The van der Waals surface area contributed by atoms with E-state index in [1.165, 1.54) is 15.8 Å². The maximum Gasteiger partial charge on any atom is 0.243 e. The summed E-state index contributed by atoms with van der Waals surface area (Å²) in [6, 6.07) is 15.9. The largest absolute Gasteiger partial charge is 0.361 e. The van der Waals surface area contributed by atoms with Crippen molar-refractivity contribution in [1.82, 2.24) is 9.88 Å². The summed E-state index contributed by atoms with van der Waals surface area (Å²) < 4.78 is 0. The van der Waals surface area contributed by atoms with Gasteiger partial charge < -0.3 is 15.2 Å². The summed E-state index contributed by atoms with van der Waals surface area (Å²) in [5.74, 6) is -0.188. The van der Waals surface area contributed by atoms with Gasteiger partial charge in [0.1, 0.15) is 0 Å². The van der Waals surface area contributed by atoms with Crippen LogP contribution in [0, 0.1) is 0 Å². The van der Waals surface area contributed by atoms with Crippen LogP contribution in [-0.2, 0) is 22.4 Å². The minimum Gasteiger partial charge on any atom is -0.361 e. The predicted molar refractivity (Wildman–Crippen MR) is 113 cm³/mol. The minimum absolute atomic E-state index is 0.0150. The Kier molecular flexibility index (Phi) is 6.48. The number of nitrogens with zero attached hydrogens (tertiary/aromatic N) is 1. The van der Waals surface area contributed by atoms with Crippen LogP contribution in [0.4, 0.5) is 5.69 Å². The standard InChI is InChI=1S/C23H27N3O2/c1-3-17-9-4-6-12-20(17)25-22(27)16-26(2)23(28)14-8-10-18-15-24-21-13-7-5-11-19(18)21/h4-7,9,11-13,15,24H,3,8,10,14,16H2,1-2H3,(H,25,27). The highest BCUT2D eigenvalue weighted by Gasteiger charge is 2.14. The van der Waals surface area contributed by atoms with Crippen molar-refractivity contribution < 1.29 is 9.59 Å². The third-order valence-corrected chi connectivity index (χ3v) is 4.99. The molecule has 2 aromatic carbocycles. The molecule has 0 spiro atoms. The maximum absolute atomic E-state index is 12.4. The van der Waals surface area contributed by atoms with E-state index >= 15 is 0 Å². The number of H-pyrrole nitrogens is 1. The molecule has 0 fully saturated rings. The number of rotatable bonds is 8. The molecule has 0 aliphatic heterocycles. The first-order chi connectivity index (χ1) is 13.6. The average Bonchev–Trinajstić information content (AvgIpc) is 3.11. The van der Waals surface area contributed by atoms with Crippen molar-refractivity contribution in [3.63, 3.8) is 0 Å². The molecule has 0 atom stereocenters. The van der Waals surface area contributed by atoms with Crippen LogP contribution < -0.4 is 5.32 Å². The van der Waals surface area contributed by atoms with Crippen LogP contribution in [0.1, 0.15) is 30.9 Å². The topological polar surface area (TPSA) is 65.2 Å². The zero-order chi connectivity index (χ0) is 19.9. The third kappa shape index (κ3) is 4.80. The Hall–Kier alpha value is -3.08. The number of aromatic nitrogens is 1. The number of anilines is 1. The molecule has 2 amide bonds.